The van der Waals surface area contributed by atoms with E-state index in [1.807, 2.05) is 17.6 Å². The topological polar surface area (TPSA) is 30.4 Å². The summed E-state index contributed by atoms with van der Waals surface area (Å²) in [6.07, 6.45) is 2.01. The molecule has 0 aliphatic heterocycles. The maximum Gasteiger partial charge on any atom is 0.136 e. The second kappa shape index (κ2) is 12.4. The van der Waals surface area contributed by atoms with E-state index < -0.39 is 0 Å². The van der Waals surface area contributed by atoms with Gasteiger partial charge < -0.3 is 8.98 Å². The summed E-state index contributed by atoms with van der Waals surface area (Å²) in [4.78, 5) is 5.01. The molecule has 0 aliphatic carbocycles. The van der Waals surface area contributed by atoms with Crippen LogP contribution >= 0.6 is 11.3 Å². The van der Waals surface area contributed by atoms with Gasteiger partial charge in [-0.25, -0.2) is 0 Å². The molecule has 0 saturated carbocycles. The average molecular weight is 709 g/mol. The summed E-state index contributed by atoms with van der Waals surface area (Å²) in [5.41, 5.74) is 12.4. The number of rotatable bonds is 6. The minimum Gasteiger partial charge on any atom is -0.456 e. The Bertz CT molecular complexity index is 3200. The van der Waals surface area contributed by atoms with Crippen molar-refractivity contribution in [1.82, 2.24) is 4.57 Å². The first-order valence-electron chi connectivity index (χ1n) is 18.3. The summed E-state index contributed by atoms with van der Waals surface area (Å²) in [5.74, 6) is 0. The van der Waals surface area contributed by atoms with Gasteiger partial charge in [0, 0.05) is 59.2 Å². The number of aliphatic imine (C=N–C) groups is 1. The molecular formula is C50H32N2OS. The second-order valence-electron chi connectivity index (χ2n) is 13.9. The van der Waals surface area contributed by atoms with Crippen LogP contribution in [0.1, 0.15) is 11.1 Å². The van der Waals surface area contributed by atoms with E-state index in [1.165, 1.54) is 64.2 Å². The highest BCUT2D eigenvalue weighted by Gasteiger charge is 2.17. The molecule has 4 heteroatoms. The zero-order valence-corrected chi connectivity index (χ0v) is 30.1. The monoisotopic (exact) mass is 708 g/mol. The molecule has 8 aromatic carbocycles. The van der Waals surface area contributed by atoms with Crippen molar-refractivity contribution in [3.63, 3.8) is 0 Å². The molecule has 11 rings (SSSR count). The lowest BCUT2D eigenvalue weighted by Crippen LogP contribution is -1.95. The van der Waals surface area contributed by atoms with Crippen LogP contribution in [0.25, 0.3) is 91.9 Å². The fourth-order valence-corrected chi connectivity index (χ4v) is 9.50. The molecule has 0 bridgehead atoms. The van der Waals surface area contributed by atoms with Gasteiger partial charge in [0.1, 0.15) is 11.2 Å². The lowest BCUT2D eigenvalue weighted by Gasteiger charge is -2.09. The highest BCUT2D eigenvalue weighted by atomic mass is 32.1. The standard InChI is InChI=1S/C50H32N2OS/c1-2-13-33(14-3-1)37-19-10-24-46-49(37)50-38(20-11-25-47(50)54-46)34-26-27-44-41(29-34)48-35(15-9-23-45(48)53-44)31-51-30-32-12-8-16-36(28-32)52-42-21-6-4-17-39(42)40-18-5-7-22-43(40)52/h1-29,31H,30H2. The normalized spacial score (nSPS) is 12.1. The third-order valence-corrected chi connectivity index (χ3v) is 11.8. The molecule has 0 atom stereocenters. The first-order chi connectivity index (χ1) is 26.8. The van der Waals surface area contributed by atoms with Crippen LogP contribution in [0.15, 0.2) is 185 Å². The SMILES string of the molecule is C(=NCc1cccc(-n2c3ccccc3c3ccccc32)c1)c1cccc2oc3ccc(-c4cccc5sc6cccc(-c7ccccc7)c6c45)cc3c12. The van der Waals surface area contributed by atoms with Gasteiger partial charge >= 0.3 is 0 Å². The molecule has 254 valence electrons. The van der Waals surface area contributed by atoms with Gasteiger partial charge in [-0.15, -0.1) is 11.3 Å². The first-order valence-corrected chi connectivity index (χ1v) is 19.1. The Morgan fingerprint density at radius 3 is 1.93 bits per heavy atom. The molecule has 0 saturated heterocycles. The number of furan rings is 1. The fraction of sp³-hybridized carbons (Fsp3) is 0.0200. The van der Waals surface area contributed by atoms with Crippen molar-refractivity contribution in [1.29, 1.82) is 0 Å². The summed E-state index contributed by atoms with van der Waals surface area (Å²) in [6, 6.07) is 63.0. The van der Waals surface area contributed by atoms with E-state index >= 15 is 0 Å². The van der Waals surface area contributed by atoms with Crippen molar-refractivity contribution < 1.29 is 4.42 Å². The van der Waals surface area contributed by atoms with Gasteiger partial charge in [0.2, 0.25) is 0 Å². The summed E-state index contributed by atoms with van der Waals surface area (Å²) in [7, 11) is 0. The fourth-order valence-electron chi connectivity index (χ4n) is 8.34. The van der Waals surface area contributed by atoms with E-state index in [1.54, 1.807) is 0 Å². The number of hydrogen-bond donors (Lipinski definition) is 0. The van der Waals surface area contributed by atoms with E-state index in [0.717, 1.165) is 38.8 Å². The first kappa shape index (κ1) is 30.8. The van der Waals surface area contributed by atoms with Gasteiger partial charge in [-0.3, -0.25) is 4.99 Å². The Balaban J connectivity index is 0.984. The number of nitrogens with zero attached hydrogens (tertiary/aromatic N) is 2. The molecule has 11 aromatic rings. The average Bonchev–Trinajstić information content (AvgIpc) is 3.91. The maximum absolute atomic E-state index is 6.43. The van der Waals surface area contributed by atoms with Crippen molar-refractivity contribution in [2.75, 3.05) is 0 Å². The summed E-state index contributed by atoms with van der Waals surface area (Å²) >= 11 is 1.86. The van der Waals surface area contributed by atoms with E-state index in [2.05, 4.69) is 180 Å². The molecule has 0 radical (unpaired) electrons. The van der Waals surface area contributed by atoms with Gasteiger partial charge in [-0.2, -0.15) is 0 Å². The molecule has 3 aromatic heterocycles. The predicted octanol–water partition coefficient (Wildman–Crippen LogP) is 14.0. The van der Waals surface area contributed by atoms with E-state index in [-0.39, 0.29) is 0 Å². The van der Waals surface area contributed by atoms with Crippen LogP contribution < -0.4 is 0 Å². The van der Waals surface area contributed by atoms with Crippen LogP contribution in [0, 0.1) is 0 Å². The Morgan fingerprint density at radius 1 is 0.500 bits per heavy atom. The number of hydrogen-bond acceptors (Lipinski definition) is 3. The zero-order chi connectivity index (χ0) is 35.6. The summed E-state index contributed by atoms with van der Waals surface area (Å²) < 4.78 is 11.4. The number of benzene rings is 8. The zero-order valence-electron chi connectivity index (χ0n) is 29.2. The van der Waals surface area contributed by atoms with Crippen molar-refractivity contribution in [3.05, 3.63) is 187 Å². The largest absolute Gasteiger partial charge is 0.456 e. The Kier molecular flexibility index (Phi) is 7.10. The minimum atomic E-state index is 0.569. The van der Waals surface area contributed by atoms with Crippen LogP contribution in [0.4, 0.5) is 0 Å². The van der Waals surface area contributed by atoms with Gasteiger partial charge in [-0.1, -0.05) is 121 Å². The lowest BCUT2D eigenvalue weighted by atomic mass is 9.94. The van der Waals surface area contributed by atoms with Gasteiger partial charge in [-0.05, 0) is 82.4 Å². The predicted molar refractivity (Wildman–Crippen MR) is 230 cm³/mol. The van der Waals surface area contributed by atoms with Crippen LogP contribution in [-0.2, 0) is 6.54 Å². The molecule has 3 nitrogen and oxygen atoms in total. The molecule has 0 aliphatic rings. The number of fused-ring (bicyclic) bond motifs is 9. The Hall–Kier alpha value is -6.75. The molecule has 54 heavy (non-hydrogen) atoms. The Labute approximate surface area is 315 Å². The van der Waals surface area contributed by atoms with Gasteiger partial charge in [0.15, 0.2) is 0 Å². The van der Waals surface area contributed by atoms with Gasteiger partial charge in [0.05, 0.1) is 17.6 Å². The molecular weight excluding hydrogens is 677 g/mol. The van der Waals surface area contributed by atoms with E-state index in [9.17, 15) is 0 Å². The molecule has 0 spiro atoms. The van der Waals surface area contributed by atoms with E-state index in [4.69, 9.17) is 9.41 Å². The number of thiophene rings is 1. The molecule has 0 fully saturated rings. The highest BCUT2D eigenvalue weighted by Crippen LogP contribution is 2.45. The van der Waals surface area contributed by atoms with Crippen LogP contribution in [-0.4, -0.2) is 10.8 Å². The van der Waals surface area contributed by atoms with Crippen LogP contribution in [0.5, 0.6) is 0 Å². The minimum absolute atomic E-state index is 0.569. The van der Waals surface area contributed by atoms with Crippen molar-refractivity contribution >= 4 is 81.5 Å². The highest BCUT2D eigenvalue weighted by molar-refractivity contribution is 7.26. The lowest BCUT2D eigenvalue weighted by molar-refractivity contribution is 0.669. The molecule has 0 amide bonds. The van der Waals surface area contributed by atoms with Crippen molar-refractivity contribution in [2.24, 2.45) is 4.99 Å². The van der Waals surface area contributed by atoms with Crippen molar-refractivity contribution in [3.8, 4) is 27.9 Å². The van der Waals surface area contributed by atoms with E-state index in [0.29, 0.717) is 6.54 Å². The number of para-hydroxylation sites is 2. The third kappa shape index (κ3) is 4.92. The maximum atomic E-state index is 6.43. The second-order valence-corrected chi connectivity index (χ2v) is 15.0. The van der Waals surface area contributed by atoms with Gasteiger partial charge in [0.25, 0.3) is 0 Å². The smallest absolute Gasteiger partial charge is 0.136 e. The summed E-state index contributed by atoms with van der Waals surface area (Å²) in [5, 5.41) is 7.32. The summed E-state index contributed by atoms with van der Waals surface area (Å²) in [6.45, 7) is 0.569. The molecule has 0 N–H and O–H groups in total. The van der Waals surface area contributed by atoms with Crippen LogP contribution in [0.2, 0.25) is 0 Å². The third-order valence-electron chi connectivity index (χ3n) is 10.7. The Morgan fingerprint density at radius 2 is 1.17 bits per heavy atom. The quantitative estimate of drug-likeness (QED) is 0.158. The molecule has 3 heterocycles. The van der Waals surface area contributed by atoms with Crippen molar-refractivity contribution in [2.45, 2.75) is 6.54 Å². The van der Waals surface area contributed by atoms with Crippen LogP contribution in [0.3, 0.4) is 0 Å². The number of aromatic nitrogens is 1. The molecule has 0 unspecified atom stereocenters.